The second kappa shape index (κ2) is 8.58. The Morgan fingerprint density at radius 3 is 2.39 bits per heavy atom. The number of fused-ring (bicyclic) bond motifs is 1. The molecule has 6 heteroatoms. The fraction of sp³-hybridized carbons (Fsp3) is 0.560. The lowest BCUT2D eigenvalue weighted by atomic mass is 9.91. The topological polar surface area (TPSA) is 52.6 Å². The van der Waals surface area contributed by atoms with E-state index in [2.05, 4.69) is 45.7 Å². The van der Waals surface area contributed by atoms with Gasteiger partial charge in [0.25, 0.3) is 5.91 Å². The zero-order chi connectivity index (χ0) is 21.4. The molecule has 1 saturated carbocycles. The van der Waals surface area contributed by atoms with Crippen molar-refractivity contribution in [1.29, 1.82) is 0 Å². The van der Waals surface area contributed by atoms with E-state index in [1.54, 1.807) is 6.33 Å². The molecule has 0 unspecified atom stereocenters. The smallest absolute Gasteiger partial charge is 0.254 e. The molecule has 1 aromatic carbocycles. The first-order valence-electron chi connectivity index (χ1n) is 11.8. The summed E-state index contributed by atoms with van der Waals surface area (Å²) in [5.74, 6) is 1.65. The fourth-order valence-electron chi connectivity index (χ4n) is 5.03. The Morgan fingerprint density at radius 2 is 1.74 bits per heavy atom. The quantitative estimate of drug-likeness (QED) is 0.760. The maximum absolute atomic E-state index is 13.1. The predicted molar refractivity (Wildman–Crippen MR) is 122 cm³/mol. The van der Waals surface area contributed by atoms with Crippen LogP contribution in [0.25, 0.3) is 0 Å². The van der Waals surface area contributed by atoms with Crippen molar-refractivity contribution in [3.05, 3.63) is 53.0 Å². The van der Waals surface area contributed by atoms with Gasteiger partial charge >= 0.3 is 0 Å². The number of nitrogens with zero attached hydrogens (tertiary/aromatic N) is 5. The minimum atomic E-state index is 0.0928. The van der Waals surface area contributed by atoms with Crippen LogP contribution in [0.5, 0.6) is 0 Å². The summed E-state index contributed by atoms with van der Waals surface area (Å²) in [6.45, 7) is 9.94. The largest absolute Gasteiger partial charge is 0.354 e. The van der Waals surface area contributed by atoms with Gasteiger partial charge in [-0.1, -0.05) is 32.4 Å². The van der Waals surface area contributed by atoms with Gasteiger partial charge in [0.05, 0.1) is 12.2 Å². The zero-order valence-electron chi connectivity index (χ0n) is 18.8. The molecule has 31 heavy (non-hydrogen) atoms. The molecule has 0 atom stereocenters. The van der Waals surface area contributed by atoms with E-state index in [0.717, 1.165) is 62.3 Å². The maximum atomic E-state index is 13.1. The molecule has 5 rings (SSSR count). The standard InChI is InChI=1S/C25H33N5O/c1-18(2)19-6-8-20(9-7-19)25(31)30-11-10-22-23(16-30)26-17-27-24(22)29-14-12-28(13-15-29)21-4-3-5-21/h6-9,17-18,21H,3-5,10-16H2,1-2H3. The lowest BCUT2D eigenvalue weighted by Crippen LogP contribution is -2.52. The first-order valence-corrected chi connectivity index (χ1v) is 11.8. The summed E-state index contributed by atoms with van der Waals surface area (Å²) in [6, 6.07) is 8.87. The lowest BCUT2D eigenvalue weighted by Gasteiger charge is -2.43. The van der Waals surface area contributed by atoms with Gasteiger partial charge in [0.15, 0.2) is 0 Å². The third-order valence-electron chi connectivity index (χ3n) is 7.30. The van der Waals surface area contributed by atoms with Crippen molar-refractivity contribution in [1.82, 2.24) is 19.8 Å². The summed E-state index contributed by atoms with van der Waals surface area (Å²) in [6.07, 6.45) is 6.63. The molecule has 6 nitrogen and oxygen atoms in total. The van der Waals surface area contributed by atoms with Gasteiger partial charge in [-0.05, 0) is 42.9 Å². The van der Waals surface area contributed by atoms with Crippen LogP contribution >= 0.6 is 0 Å². The molecule has 0 bridgehead atoms. The van der Waals surface area contributed by atoms with Crippen LogP contribution in [-0.2, 0) is 13.0 Å². The first-order chi connectivity index (χ1) is 15.1. The monoisotopic (exact) mass is 419 g/mol. The number of piperazine rings is 1. The summed E-state index contributed by atoms with van der Waals surface area (Å²) in [5, 5.41) is 0. The number of amides is 1. The number of benzene rings is 1. The van der Waals surface area contributed by atoms with E-state index in [1.807, 2.05) is 17.0 Å². The number of rotatable bonds is 4. The maximum Gasteiger partial charge on any atom is 0.254 e. The van der Waals surface area contributed by atoms with Crippen LogP contribution in [0.1, 0.15) is 66.2 Å². The van der Waals surface area contributed by atoms with Crippen LogP contribution in [0.4, 0.5) is 5.82 Å². The molecule has 1 aliphatic carbocycles. The van der Waals surface area contributed by atoms with Gasteiger partial charge in [-0.15, -0.1) is 0 Å². The van der Waals surface area contributed by atoms with Crippen molar-refractivity contribution in [3.8, 4) is 0 Å². The highest BCUT2D eigenvalue weighted by Gasteiger charge is 2.31. The molecule has 3 heterocycles. The molecular formula is C25H33N5O. The van der Waals surface area contributed by atoms with Gasteiger partial charge in [0, 0.05) is 49.9 Å². The van der Waals surface area contributed by atoms with Crippen LogP contribution in [0.15, 0.2) is 30.6 Å². The van der Waals surface area contributed by atoms with Crippen molar-refractivity contribution in [2.24, 2.45) is 0 Å². The minimum Gasteiger partial charge on any atom is -0.354 e. The Hall–Kier alpha value is -2.47. The van der Waals surface area contributed by atoms with Crippen molar-refractivity contribution in [3.63, 3.8) is 0 Å². The summed E-state index contributed by atoms with van der Waals surface area (Å²) in [7, 11) is 0. The summed E-state index contributed by atoms with van der Waals surface area (Å²) < 4.78 is 0. The molecule has 2 aliphatic heterocycles. The molecule has 1 saturated heterocycles. The van der Waals surface area contributed by atoms with E-state index in [1.165, 1.54) is 30.4 Å². The summed E-state index contributed by atoms with van der Waals surface area (Å²) in [5.41, 5.74) is 4.26. The van der Waals surface area contributed by atoms with Crippen molar-refractivity contribution < 1.29 is 4.79 Å². The highest BCUT2D eigenvalue weighted by Crippen LogP contribution is 2.30. The highest BCUT2D eigenvalue weighted by molar-refractivity contribution is 5.94. The molecule has 0 radical (unpaired) electrons. The van der Waals surface area contributed by atoms with Crippen molar-refractivity contribution in [2.45, 2.75) is 58.0 Å². The molecule has 0 N–H and O–H groups in total. The number of aromatic nitrogens is 2. The number of hydrogen-bond acceptors (Lipinski definition) is 5. The third kappa shape index (κ3) is 4.05. The van der Waals surface area contributed by atoms with Gasteiger partial charge < -0.3 is 9.80 Å². The van der Waals surface area contributed by atoms with Crippen molar-refractivity contribution >= 4 is 11.7 Å². The Morgan fingerprint density at radius 1 is 1.00 bits per heavy atom. The van der Waals surface area contributed by atoms with E-state index in [0.29, 0.717) is 12.5 Å². The number of carbonyl (C=O) groups is 1. The molecule has 1 amide bonds. The highest BCUT2D eigenvalue weighted by atomic mass is 16.2. The Labute approximate surface area is 185 Å². The van der Waals surface area contributed by atoms with E-state index in [-0.39, 0.29) is 5.91 Å². The molecule has 2 fully saturated rings. The van der Waals surface area contributed by atoms with Gasteiger partial charge in [0.1, 0.15) is 12.1 Å². The van der Waals surface area contributed by atoms with Gasteiger partial charge in [-0.25, -0.2) is 9.97 Å². The third-order valence-corrected chi connectivity index (χ3v) is 7.30. The number of carbonyl (C=O) groups excluding carboxylic acids is 1. The Kier molecular flexibility index (Phi) is 5.65. The zero-order valence-corrected chi connectivity index (χ0v) is 18.8. The van der Waals surface area contributed by atoms with Gasteiger partial charge in [0.2, 0.25) is 0 Å². The molecule has 164 valence electrons. The average molecular weight is 420 g/mol. The van der Waals surface area contributed by atoms with Crippen LogP contribution in [0, 0.1) is 0 Å². The van der Waals surface area contributed by atoms with Crippen LogP contribution in [-0.4, -0.2) is 64.4 Å². The average Bonchev–Trinajstić information content (AvgIpc) is 2.77. The van der Waals surface area contributed by atoms with E-state index >= 15 is 0 Å². The van der Waals surface area contributed by atoms with E-state index in [4.69, 9.17) is 0 Å². The number of hydrogen-bond donors (Lipinski definition) is 0. The predicted octanol–water partition coefficient (Wildman–Crippen LogP) is 3.47. The summed E-state index contributed by atoms with van der Waals surface area (Å²) >= 11 is 0. The lowest BCUT2D eigenvalue weighted by molar-refractivity contribution is 0.0731. The van der Waals surface area contributed by atoms with Crippen molar-refractivity contribution in [2.75, 3.05) is 37.6 Å². The fourth-order valence-corrected chi connectivity index (χ4v) is 5.03. The first kappa shape index (κ1) is 20.4. The summed E-state index contributed by atoms with van der Waals surface area (Å²) in [4.78, 5) is 29.3. The molecule has 0 spiro atoms. The second-order valence-electron chi connectivity index (χ2n) is 9.48. The van der Waals surface area contributed by atoms with E-state index in [9.17, 15) is 4.79 Å². The molecule has 1 aromatic heterocycles. The Balaban J connectivity index is 1.27. The SMILES string of the molecule is CC(C)c1ccc(C(=O)N2CCc3c(ncnc3N3CCN(C4CCC4)CC3)C2)cc1. The van der Waals surface area contributed by atoms with E-state index < -0.39 is 0 Å². The molecule has 2 aromatic rings. The minimum absolute atomic E-state index is 0.0928. The molecule has 3 aliphatic rings. The van der Waals surface area contributed by atoms with Gasteiger partial charge in [-0.2, -0.15) is 0 Å². The van der Waals surface area contributed by atoms with Gasteiger partial charge in [-0.3, -0.25) is 9.69 Å². The number of anilines is 1. The van der Waals surface area contributed by atoms with Crippen LogP contribution in [0.3, 0.4) is 0 Å². The second-order valence-corrected chi connectivity index (χ2v) is 9.48. The van der Waals surface area contributed by atoms with Crippen LogP contribution < -0.4 is 4.90 Å². The molecular weight excluding hydrogens is 386 g/mol. The Bertz CT molecular complexity index is 929. The van der Waals surface area contributed by atoms with Crippen LogP contribution in [0.2, 0.25) is 0 Å². The normalized spacial score (nSPS) is 20.0.